The molecule has 0 aliphatic heterocycles. The van der Waals surface area contributed by atoms with E-state index in [0.717, 1.165) is 6.26 Å². The Morgan fingerprint density at radius 3 is 2.44 bits per heavy atom. The molecule has 0 saturated heterocycles. The molecule has 88 valence electrons. The lowest BCUT2D eigenvalue weighted by Gasteiger charge is -2.10. The number of hydrogen-bond donors (Lipinski definition) is 1. The predicted molar refractivity (Wildman–Crippen MR) is 60.6 cm³/mol. The molecule has 1 N–H and O–H groups in total. The summed E-state index contributed by atoms with van der Waals surface area (Å²) >= 11 is 5.83. The first-order valence-electron chi connectivity index (χ1n) is 4.46. The number of carboxylic acids is 1. The molecule has 0 fully saturated rings. The zero-order valence-electron chi connectivity index (χ0n) is 8.77. The van der Waals surface area contributed by atoms with Gasteiger partial charge in [-0.2, -0.15) is 0 Å². The Morgan fingerprint density at radius 1 is 1.44 bits per heavy atom. The Hall–Kier alpha value is -1.07. The van der Waals surface area contributed by atoms with Crippen LogP contribution in [0.3, 0.4) is 0 Å². The molecule has 0 aromatic heterocycles. The zero-order chi connectivity index (χ0) is 12.5. The summed E-state index contributed by atoms with van der Waals surface area (Å²) < 4.78 is 22.6. The van der Waals surface area contributed by atoms with Crippen LogP contribution in [0.4, 0.5) is 0 Å². The van der Waals surface area contributed by atoms with E-state index in [4.69, 9.17) is 16.7 Å². The number of carboxylic acid groups (broad SMARTS) is 1. The van der Waals surface area contributed by atoms with Gasteiger partial charge >= 0.3 is 5.97 Å². The van der Waals surface area contributed by atoms with E-state index >= 15 is 0 Å². The van der Waals surface area contributed by atoms with Crippen molar-refractivity contribution in [3.63, 3.8) is 0 Å². The lowest BCUT2D eigenvalue weighted by Crippen LogP contribution is -2.09. The Morgan fingerprint density at radius 2 is 2.00 bits per heavy atom. The van der Waals surface area contributed by atoms with Crippen molar-refractivity contribution in [1.82, 2.24) is 0 Å². The third-order valence-corrected chi connectivity index (χ3v) is 3.69. The van der Waals surface area contributed by atoms with Crippen LogP contribution >= 0.6 is 11.6 Å². The second-order valence-corrected chi connectivity index (χ2v) is 5.94. The van der Waals surface area contributed by atoms with Gasteiger partial charge in [0.2, 0.25) is 0 Å². The third kappa shape index (κ3) is 2.74. The smallest absolute Gasteiger partial charge is 0.310 e. The highest BCUT2D eigenvalue weighted by atomic mass is 35.5. The third-order valence-electron chi connectivity index (χ3n) is 2.23. The molecule has 4 nitrogen and oxygen atoms in total. The van der Waals surface area contributed by atoms with E-state index in [1.165, 1.54) is 25.1 Å². The lowest BCUT2D eigenvalue weighted by atomic mass is 10.0. The van der Waals surface area contributed by atoms with Crippen LogP contribution < -0.4 is 0 Å². The van der Waals surface area contributed by atoms with Crippen molar-refractivity contribution in [1.29, 1.82) is 0 Å². The number of aliphatic carboxylic acids is 1. The van der Waals surface area contributed by atoms with E-state index in [2.05, 4.69) is 0 Å². The highest BCUT2D eigenvalue weighted by Gasteiger charge is 2.19. The fraction of sp³-hybridized carbons (Fsp3) is 0.300. The molecule has 1 aromatic rings. The zero-order valence-corrected chi connectivity index (χ0v) is 10.3. The molecule has 0 saturated carbocycles. The van der Waals surface area contributed by atoms with E-state index < -0.39 is 21.7 Å². The first-order valence-corrected chi connectivity index (χ1v) is 6.72. The normalized spacial score (nSPS) is 13.4. The first-order chi connectivity index (χ1) is 7.23. The van der Waals surface area contributed by atoms with Crippen molar-refractivity contribution in [2.45, 2.75) is 17.7 Å². The summed E-state index contributed by atoms with van der Waals surface area (Å²) in [7, 11) is -3.35. The van der Waals surface area contributed by atoms with Crippen LogP contribution in [-0.2, 0) is 14.6 Å². The Labute approximate surface area is 98.8 Å². The average Bonchev–Trinajstić information content (AvgIpc) is 2.15. The van der Waals surface area contributed by atoms with Gasteiger partial charge in [0, 0.05) is 11.3 Å². The summed E-state index contributed by atoms with van der Waals surface area (Å²) in [6, 6.07) is 4.05. The Kier molecular flexibility index (Phi) is 3.60. The summed E-state index contributed by atoms with van der Waals surface area (Å²) in [6.07, 6.45) is 1.06. The van der Waals surface area contributed by atoms with E-state index in [-0.39, 0.29) is 9.92 Å². The number of rotatable bonds is 3. The summed E-state index contributed by atoms with van der Waals surface area (Å²) in [4.78, 5) is 10.9. The number of carbonyl (C=O) groups is 1. The van der Waals surface area contributed by atoms with Gasteiger partial charge in [0.15, 0.2) is 9.84 Å². The van der Waals surface area contributed by atoms with Gasteiger partial charge in [-0.3, -0.25) is 4.79 Å². The summed E-state index contributed by atoms with van der Waals surface area (Å²) in [6.45, 7) is 1.45. The number of hydrogen-bond acceptors (Lipinski definition) is 3. The summed E-state index contributed by atoms with van der Waals surface area (Å²) in [5.41, 5.74) is 0.303. The van der Waals surface area contributed by atoms with Gasteiger partial charge in [-0.25, -0.2) is 8.42 Å². The van der Waals surface area contributed by atoms with Gasteiger partial charge in [0.05, 0.1) is 10.8 Å². The van der Waals surface area contributed by atoms with E-state index in [9.17, 15) is 13.2 Å². The standard InChI is InChI=1S/C10H11ClO4S/c1-6(10(12)13)8-5-7(16(2,14)15)3-4-9(8)11/h3-6H,1-2H3,(H,12,13). The van der Waals surface area contributed by atoms with Crippen LogP contribution in [0.15, 0.2) is 23.1 Å². The van der Waals surface area contributed by atoms with Crippen LogP contribution in [0.2, 0.25) is 5.02 Å². The van der Waals surface area contributed by atoms with Gasteiger partial charge < -0.3 is 5.11 Å². The first kappa shape index (κ1) is 13.0. The van der Waals surface area contributed by atoms with Crippen molar-refractivity contribution in [3.05, 3.63) is 28.8 Å². The SMILES string of the molecule is CC(C(=O)O)c1cc(S(C)(=O)=O)ccc1Cl. The minimum absolute atomic E-state index is 0.0694. The fourth-order valence-electron chi connectivity index (χ4n) is 1.22. The van der Waals surface area contributed by atoms with Crippen molar-refractivity contribution >= 4 is 27.4 Å². The molecule has 16 heavy (non-hydrogen) atoms. The number of sulfone groups is 1. The monoisotopic (exact) mass is 262 g/mol. The molecule has 6 heteroatoms. The molecule has 0 amide bonds. The molecule has 1 rings (SSSR count). The lowest BCUT2D eigenvalue weighted by molar-refractivity contribution is -0.138. The van der Waals surface area contributed by atoms with Gasteiger partial charge in [0.1, 0.15) is 0 Å². The largest absolute Gasteiger partial charge is 0.481 e. The van der Waals surface area contributed by atoms with Gasteiger partial charge in [-0.05, 0) is 30.7 Å². The maximum atomic E-state index is 11.3. The predicted octanol–water partition coefficient (Wildman–Crippen LogP) is 1.93. The Balaban J connectivity index is 3.35. The summed E-state index contributed by atoms with van der Waals surface area (Å²) in [5, 5.41) is 9.10. The van der Waals surface area contributed by atoms with E-state index in [1.807, 2.05) is 0 Å². The minimum atomic E-state index is -3.35. The number of benzene rings is 1. The Bertz CT molecular complexity index is 522. The second-order valence-electron chi connectivity index (χ2n) is 3.52. The van der Waals surface area contributed by atoms with Crippen molar-refractivity contribution < 1.29 is 18.3 Å². The van der Waals surface area contributed by atoms with E-state index in [0.29, 0.717) is 5.56 Å². The molecule has 0 heterocycles. The van der Waals surface area contributed by atoms with Crippen LogP contribution in [0.25, 0.3) is 0 Å². The maximum Gasteiger partial charge on any atom is 0.310 e. The molecule has 0 aliphatic carbocycles. The van der Waals surface area contributed by atoms with Gasteiger partial charge in [-0.1, -0.05) is 11.6 Å². The maximum absolute atomic E-state index is 11.3. The van der Waals surface area contributed by atoms with Crippen molar-refractivity contribution in [2.24, 2.45) is 0 Å². The van der Waals surface area contributed by atoms with Crippen LogP contribution in [0, 0.1) is 0 Å². The minimum Gasteiger partial charge on any atom is -0.481 e. The van der Waals surface area contributed by atoms with Gasteiger partial charge in [0.25, 0.3) is 0 Å². The number of halogens is 1. The molecule has 0 spiro atoms. The summed E-state index contributed by atoms with van der Waals surface area (Å²) in [5.74, 6) is -1.89. The molecule has 0 aliphatic rings. The highest BCUT2D eigenvalue weighted by Crippen LogP contribution is 2.27. The van der Waals surface area contributed by atoms with Crippen LogP contribution in [-0.4, -0.2) is 25.7 Å². The molecule has 1 unspecified atom stereocenters. The fourth-order valence-corrected chi connectivity index (χ4v) is 2.15. The highest BCUT2D eigenvalue weighted by molar-refractivity contribution is 7.90. The molecule has 1 atom stereocenters. The van der Waals surface area contributed by atoms with Crippen molar-refractivity contribution in [2.75, 3.05) is 6.26 Å². The van der Waals surface area contributed by atoms with Gasteiger partial charge in [-0.15, -0.1) is 0 Å². The molecule has 0 bridgehead atoms. The van der Waals surface area contributed by atoms with E-state index in [1.54, 1.807) is 0 Å². The molecular formula is C10H11ClO4S. The second kappa shape index (κ2) is 4.43. The van der Waals surface area contributed by atoms with Crippen molar-refractivity contribution in [3.8, 4) is 0 Å². The topological polar surface area (TPSA) is 71.4 Å². The average molecular weight is 263 g/mol. The molecule has 1 aromatic carbocycles. The molecular weight excluding hydrogens is 252 g/mol. The van der Waals surface area contributed by atoms with Crippen LogP contribution in [0.1, 0.15) is 18.4 Å². The molecule has 0 radical (unpaired) electrons. The quantitative estimate of drug-likeness (QED) is 0.904. The van der Waals surface area contributed by atoms with Crippen LogP contribution in [0.5, 0.6) is 0 Å².